The molecule has 0 unspecified atom stereocenters. The van der Waals surface area contributed by atoms with Crippen LogP contribution in [0, 0.1) is 34.5 Å². The Balaban J connectivity index is 1.33. The third-order valence-corrected chi connectivity index (χ3v) is 10.4. The molecule has 0 aromatic rings. The van der Waals surface area contributed by atoms with Crippen LogP contribution in [0.15, 0.2) is 0 Å². The lowest BCUT2D eigenvalue weighted by atomic mass is 9.44. The fourth-order valence-electron chi connectivity index (χ4n) is 9.03. The molecule has 8 atom stereocenters. The van der Waals surface area contributed by atoms with Gasteiger partial charge in [-0.25, -0.2) is 0 Å². The molecule has 6 fully saturated rings. The average molecular weight is 375 g/mol. The summed E-state index contributed by atoms with van der Waals surface area (Å²) in [4.78, 5) is 12.3. The molecule has 0 radical (unpaired) electrons. The molecule has 2 saturated heterocycles. The van der Waals surface area contributed by atoms with E-state index in [-0.39, 0.29) is 28.1 Å². The van der Waals surface area contributed by atoms with Crippen LogP contribution in [0.3, 0.4) is 0 Å². The number of epoxide rings is 1. The summed E-state index contributed by atoms with van der Waals surface area (Å²) in [5, 5.41) is 0. The van der Waals surface area contributed by atoms with E-state index in [1.165, 1.54) is 25.7 Å². The molecule has 0 amide bonds. The van der Waals surface area contributed by atoms with E-state index in [0.29, 0.717) is 17.8 Å². The van der Waals surface area contributed by atoms with E-state index in [1.54, 1.807) is 0 Å². The Bertz CT molecular complexity index is 684. The largest absolute Gasteiger partial charge is 0.365 e. The summed E-state index contributed by atoms with van der Waals surface area (Å²) in [6, 6.07) is 0. The van der Waals surface area contributed by atoms with Crippen LogP contribution in [0.5, 0.6) is 0 Å². The van der Waals surface area contributed by atoms with Crippen LogP contribution < -0.4 is 0 Å². The number of carbonyl (C=O) groups excluding carboxylic acids is 1. The van der Waals surface area contributed by atoms with Crippen molar-refractivity contribution >= 4 is 5.78 Å². The van der Waals surface area contributed by atoms with Gasteiger partial charge in [-0.05, 0) is 68.6 Å². The van der Waals surface area contributed by atoms with E-state index in [1.807, 2.05) is 6.92 Å². The molecule has 150 valence electrons. The van der Waals surface area contributed by atoms with Crippen LogP contribution in [0.1, 0.15) is 72.1 Å². The van der Waals surface area contributed by atoms with Crippen molar-refractivity contribution in [2.24, 2.45) is 34.5 Å². The molecule has 2 heterocycles. The van der Waals surface area contributed by atoms with Gasteiger partial charge >= 0.3 is 0 Å². The number of ketones is 1. The predicted molar refractivity (Wildman–Crippen MR) is 100 cm³/mol. The van der Waals surface area contributed by atoms with Crippen molar-refractivity contribution in [3.8, 4) is 0 Å². The second-order valence-electron chi connectivity index (χ2n) is 11.1. The minimum absolute atomic E-state index is 0.0108. The average Bonchev–Trinajstić information content (AvgIpc) is 2.98. The summed E-state index contributed by atoms with van der Waals surface area (Å²) in [7, 11) is 0. The van der Waals surface area contributed by atoms with E-state index in [4.69, 9.17) is 14.2 Å². The molecular formula is C23H34O4. The van der Waals surface area contributed by atoms with Crippen LogP contribution in [0.2, 0.25) is 0 Å². The Hall–Kier alpha value is -0.450. The van der Waals surface area contributed by atoms with Crippen molar-refractivity contribution in [2.75, 3.05) is 13.2 Å². The summed E-state index contributed by atoms with van der Waals surface area (Å²) in [6.07, 6.45) is 9.52. The third-order valence-electron chi connectivity index (χ3n) is 10.4. The Morgan fingerprint density at radius 3 is 2.48 bits per heavy atom. The lowest BCUT2D eigenvalue weighted by Crippen LogP contribution is -2.61. The number of hydrogen-bond acceptors (Lipinski definition) is 4. The van der Waals surface area contributed by atoms with Crippen molar-refractivity contribution in [2.45, 2.75) is 89.6 Å². The first kappa shape index (κ1) is 17.4. The monoisotopic (exact) mass is 374 g/mol. The van der Waals surface area contributed by atoms with Crippen LogP contribution in [-0.2, 0) is 19.0 Å². The molecule has 2 spiro atoms. The van der Waals surface area contributed by atoms with E-state index in [9.17, 15) is 4.79 Å². The molecule has 0 N–H and O–H groups in total. The molecule has 4 aliphatic carbocycles. The number of rotatable bonds is 1. The maximum atomic E-state index is 12.3. The number of Topliss-reactive ketones (excluding diaryl/α,β-unsaturated/α-hetero) is 1. The maximum Gasteiger partial charge on any atom is 0.171 e. The standard InChI is InChI=1S/C23H34O4/c1-14(24)16-4-5-17-15-12-19-23(27-19)13-22(25-10-11-26-22)9-8-21(23,3)18(15)6-7-20(16,17)2/h15-19H,4-13H2,1-3H3/t15-,16+,17-,18-,19+,20+,21+,23+/m0/s1. The molecule has 0 aromatic heterocycles. The maximum absolute atomic E-state index is 12.3. The van der Waals surface area contributed by atoms with Gasteiger partial charge in [0.15, 0.2) is 5.79 Å². The zero-order chi connectivity index (χ0) is 18.7. The van der Waals surface area contributed by atoms with Gasteiger partial charge in [0.1, 0.15) is 11.4 Å². The fourth-order valence-corrected chi connectivity index (χ4v) is 9.03. The predicted octanol–water partition coefficient (Wildman–Crippen LogP) is 4.11. The quantitative estimate of drug-likeness (QED) is 0.648. The lowest BCUT2D eigenvalue weighted by molar-refractivity contribution is -0.226. The van der Waals surface area contributed by atoms with Gasteiger partial charge in [0.05, 0.1) is 19.3 Å². The van der Waals surface area contributed by atoms with Gasteiger partial charge < -0.3 is 14.2 Å². The second kappa shape index (κ2) is 5.17. The van der Waals surface area contributed by atoms with Gasteiger partial charge in [0.2, 0.25) is 0 Å². The first-order valence-electron chi connectivity index (χ1n) is 11.3. The SMILES string of the molecule is CC(=O)[C@H]1CC[C@H]2[C@@H]3C[C@H]4O[C@]45CC4(CC[C@]5(C)[C@H]3CC[C@]12C)OCCO4. The molecule has 6 aliphatic rings. The smallest absolute Gasteiger partial charge is 0.171 e. The molecule has 0 bridgehead atoms. The minimum Gasteiger partial charge on any atom is -0.365 e. The second-order valence-corrected chi connectivity index (χ2v) is 11.1. The summed E-state index contributed by atoms with van der Waals surface area (Å²) in [6.45, 7) is 8.24. The van der Waals surface area contributed by atoms with Gasteiger partial charge in [0.25, 0.3) is 0 Å². The van der Waals surface area contributed by atoms with Gasteiger partial charge in [0, 0.05) is 24.2 Å². The van der Waals surface area contributed by atoms with Crippen LogP contribution in [-0.4, -0.2) is 36.5 Å². The zero-order valence-electron chi connectivity index (χ0n) is 17.1. The highest BCUT2D eigenvalue weighted by Crippen LogP contribution is 2.75. The van der Waals surface area contributed by atoms with Gasteiger partial charge in [-0.1, -0.05) is 13.8 Å². The van der Waals surface area contributed by atoms with Crippen molar-refractivity contribution in [3.05, 3.63) is 0 Å². The van der Waals surface area contributed by atoms with Gasteiger partial charge in [-0.15, -0.1) is 0 Å². The molecule has 4 heteroatoms. The van der Waals surface area contributed by atoms with E-state index in [2.05, 4.69) is 13.8 Å². The van der Waals surface area contributed by atoms with Gasteiger partial charge in [-0.3, -0.25) is 4.79 Å². The van der Waals surface area contributed by atoms with Crippen LogP contribution in [0.4, 0.5) is 0 Å². The molecule has 0 aromatic carbocycles. The van der Waals surface area contributed by atoms with Crippen LogP contribution in [0.25, 0.3) is 0 Å². The molecule has 27 heavy (non-hydrogen) atoms. The van der Waals surface area contributed by atoms with E-state index >= 15 is 0 Å². The first-order chi connectivity index (χ1) is 12.8. The number of ether oxygens (including phenoxy) is 3. The third kappa shape index (κ3) is 1.98. The Kier molecular flexibility index (Phi) is 3.34. The molecule has 2 aliphatic heterocycles. The topological polar surface area (TPSA) is 48.1 Å². The van der Waals surface area contributed by atoms with Crippen molar-refractivity contribution in [1.29, 1.82) is 0 Å². The summed E-state index contributed by atoms with van der Waals surface area (Å²) in [5.41, 5.74) is 0.464. The van der Waals surface area contributed by atoms with Crippen molar-refractivity contribution in [3.63, 3.8) is 0 Å². The Morgan fingerprint density at radius 2 is 1.74 bits per heavy atom. The summed E-state index contributed by atoms with van der Waals surface area (Å²) >= 11 is 0. The highest BCUT2D eigenvalue weighted by atomic mass is 16.7. The first-order valence-corrected chi connectivity index (χ1v) is 11.3. The van der Waals surface area contributed by atoms with Crippen molar-refractivity contribution < 1.29 is 19.0 Å². The highest BCUT2D eigenvalue weighted by Gasteiger charge is 2.78. The van der Waals surface area contributed by atoms with Crippen LogP contribution >= 0.6 is 0 Å². The minimum atomic E-state index is -0.364. The lowest BCUT2D eigenvalue weighted by Gasteiger charge is -2.60. The van der Waals surface area contributed by atoms with E-state index < -0.39 is 0 Å². The molecule has 4 saturated carbocycles. The van der Waals surface area contributed by atoms with Gasteiger partial charge in [-0.2, -0.15) is 0 Å². The molecular weight excluding hydrogens is 340 g/mol. The number of carbonyl (C=O) groups is 1. The summed E-state index contributed by atoms with van der Waals surface area (Å²) < 4.78 is 18.8. The zero-order valence-corrected chi connectivity index (χ0v) is 17.1. The number of hydrogen-bond donors (Lipinski definition) is 0. The van der Waals surface area contributed by atoms with E-state index in [0.717, 1.165) is 50.7 Å². The highest BCUT2D eigenvalue weighted by molar-refractivity contribution is 5.79. The Morgan fingerprint density at radius 1 is 0.963 bits per heavy atom. The number of fused-ring (bicyclic) bond motifs is 4. The Labute approximate surface area is 162 Å². The molecule has 4 nitrogen and oxygen atoms in total. The van der Waals surface area contributed by atoms with Crippen molar-refractivity contribution in [1.82, 2.24) is 0 Å². The normalized spacial score (nSPS) is 57.5. The fraction of sp³-hybridized carbons (Fsp3) is 0.957. The molecule has 6 rings (SSSR count). The summed E-state index contributed by atoms with van der Waals surface area (Å²) in [5.74, 6) is 2.53.